The quantitative estimate of drug-likeness (QED) is 0.630. The summed E-state index contributed by atoms with van der Waals surface area (Å²) in [6.45, 7) is 0.496. The molecule has 0 heterocycles. The van der Waals surface area contributed by atoms with E-state index in [2.05, 4.69) is 4.89 Å². The van der Waals surface area contributed by atoms with Gasteiger partial charge in [0.2, 0.25) is 0 Å². The Morgan fingerprint density at radius 2 is 1.62 bits per heavy atom. The maximum atomic E-state index is 8.49. The second-order valence-corrected chi connectivity index (χ2v) is 3.34. The molecule has 0 fully saturated rings. The third kappa shape index (κ3) is 2.74. The van der Waals surface area contributed by atoms with Crippen LogP contribution in [0.1, 0.15) is 5.56 Å². The summed E-state index contributed by atoms with van der Waals surface area (Å²) in [5.41, 5.74) is 1.10. The maximum Gasteiger partial charge on any atom is 0.168 e. The lowest BCUT2D eigenvalue weighted by atomic mass is 10.2. The van der Waals surface area contributed by atoms with Crippen LogP contribution in [-0.2, 0) is 6.61 Å². The lowest BCUT2D eigenvalue weighted by Crippen LogP contribution is -1.95. The van der Waals surface area contributed by atoms with Crippen molar-refractivity contribution < 1.29 is 14.9 Å². The second kappa shape index (κ2) is 5.19. The Labute approximate surface area is 93.8 Å². The first-order valence-electron chi connectivity index (χ1n) is 4.97. The van der Waals surface area contributed by atoms with Gasteiger partial charge in [-0.25, -0.2) is 5.26 Å². The Morgan fingerprint density at radius 3 is 2.38 bits per heavy atom. The molecule has 0 aliphatic heterocycles. The highest BCUT2D eigenvalue weighted by molar-refractivity contribution is 5.32. The first-order valence-corrected chi connectivity index (χ1v) is 4.97. The van der Waals surface area contributed by atoms with E-state index < -0.39 is 0 Å². The van der Waals surface area contributed by atoms with Crippen LogP contribution >= 0.6 is 0 Å². The molecule has 0 spiro atoms. The van der Waals surface area contributed by atoms with Gasteiger partial charge >= 0.3 is 0 Å². The predicted octanol–water partition coefficient (Wildman–Crippen LogP) is 3.12. The molecule has 2 aromatic carbocycles. The largest absolute Gasteiger partial charge is 0.489 e. The smallest absolute Gasteiger partial charge is 0.168 e. The minimum Gasteiger partial charge on any atom is -0.489 e. The molecule has 2 rings (SSSR count). The SMILES string of the molecule is OOc1cccc(OCc2ccccc2)c1. The Balaban J connectivity index is 1.99. The summed E-state index contributed by atoms with van der Waals surface area (Å²) in [6, 6.07) is 16.7. The molecule has 1 N–H and O–H groups in total. The summed E-state index contributed by atoms with van der Waals surface area (Å²) in [4.78, 5) is 4.13. The number of rotatable bonds is 4. The van der Waals surface area contributed by atoms with E-state index >= 15 is 0 Å². The van der Waals surface area contributed by atoms with Crippen LogP contribution in [0.5, 0.6) is 11.5 Å². The fraction of sp³-hybridized carbons (Fsp3) is 0.0769. The van der Waals surface area contributed by atoms with E-state index in [1.165, 1.54) is 0 Å². The predicted molar refractivity (Wildman–Crippen MR) is 60.5 cm³/mol. The lowest BCUT2D eigenvalue weighted by Gasteiger charge is -2.06. The average molecular weight is 216 g/mol. The van der Waals surface area contributed by atoms with E-state index in [1.54, 1.807) is 18.2 Å². The van der Waals surface area contributed by atoms with Gasteiger partial charge in [0.15, 0.2) is 5.75 Å². The molecule has 0 saturated heterocycles. The molecule has 0 unspecified atom stereocenters. The first-order chi connectivity index (χ1) is 7.88. The van der Waals surface area contributed by atoms with Crippen molar-refractivity contribution in [3.63, 3.8) is 0 Å². The topological polar surface area (TPSA) is 38.7 Å². The molecule has 16 heavy (non-hydrogen) atoms. The minimum absolute atomic E-state index is 0.366. The summed E-state index contributed by atoms with van der Waals surface area (Å²) in [5, 5.41) is 8.49. The fourth-order valence-corrected chi connectivity index (χ4v) is 1.36. The van der Waals surface area contributed by atoms with Gasteiger partial charge in [0.25, 0.3) is 0 Å². The standard InChI is InChI=1S/C13H12O3/c14-16-13-8-4-7-12(9-13)15-10-11-5-2-1-3-6-11/h1-9,14H,10H2. The summed E-state index contributed by atoms with van der Waals surface area (Å²) in [7, 11) is 0. The van der Waals surface area contributed by atoms with Gasteiger partial charge in [-0.15, -0.1) is 0 Å². The van der Waals surface area contributed by atoms with E-state index in [-0.39, 0.29) is 0 Å². The van der Waals surface area contributed by atoms with Crippen molar-refractivity contribution in [1.29, 1.82) is 0 Å². The van der Waals surface area contributed by atoms with Crippen LogP contribution in [0.4, 0.5) is 0 Å². The van der Waals surface area contributed by atoms with Gasteiger partial charge in [-0.05, 0) is 17.7 Å². The molecule has 0 atom stereocenters. The Hall–Kier alpha value is -2.00. The third-order valence-electron chi connectivity index (χ3n) is 2.16. The van der Waals surface area contributed by atoms with Crippen molar-refractivity contribution in [2.75, 3.05) is 0 Å². The zero-order valence-electron chi connectivity index (χ0n) is 8.67. The van der Waals surface area contributed by atoms with Crippen LogP contribution in [0, 0.1) is 0 Å². The molecule has 0 amide bonds. The Bertz CT molecular complexity index is 440. The van der Waals surface area contributed by atoms with Gasteiger partial charge in [-0.2, -0.15) is 0 Å². The zero-order chi connectivity index (χ0) is 11.2. The molecule has 0 bridgehead atoms. The molecule has 82 valence electrons. The highest BCUT2D eigenvalue weighted by Gasteiger charge is 1.98. The Kier molecular flexibility index (Phi) is 3.41. The molecule has 0 saturated carbocycles. The molecule has 0 aliphatic carbocycles. The molecular formula is C13H12O3. The highest BCUT2D eigenvalue weighted by atomic mass is 17.1. The molecular weight excluding hydrogens is 204 g/mol. The van der Waals surface area contributed by atoms with Crippen LogP contribution in [0.15, 0.2) is 54.6 Å². The number of benzene rings is 2. The van der Waals surface area contributed by atoms with Crippen molar-refractivity contribution in [3.8, 4) is 11.5 Å². The lowest BCUT2D eigenvalue weighted by molar-refractivity contribution is -0.137. The van der Waals surface area contributed by atoms with E-state index in [4.69, 9.17) is 9.99 Å². The third-order valence-corrected chi connectivity index (χ3v) is 2.16. The van der Waals surface area contributed by atoms with Gasteiger partial charge in [-0.1, -0.05) is 36.4 Å². The van der Waals surface area contributed by atoms with Gasteiger partial charge in [0, 0.05) is 6.07 Å². The summed E-state index contributed by atoms with van der Waals surface area (Å²) >= 11 is 0. The number of ether oxygens (including phenoxy) is 1. The number of hydrogen-bond donors (Lipinski definition) is 1. The summed E-state index contributed by atoms with van der Waals surface area (Å²) in [5.74, 6) is 1.03. The second-order valence-electron chi connectivity index (χ2n) is 3.34. The van der Waals surface area contributed by atoms with Gasteiger partial charge in [0.05, 0.1) is 0 Å². The Morgan fingerprint density at radius 1 is 0.875 bits per heavy atom. The molecule has 3 nitrogen and oxygen atoms in total. The van der Waals surface area contributed by atoms with Crippen LogP contribution < -0.4 is 9.62 Å². The molecule has 2 aromatic rings. The highest BCUT2D eigenvalue weighted by Crippen LogP contribution is 2.19. The average Bonchev–Trinajstić information content (AvgIpc) is 2.38. The van der Waals surface area contributed by atoms with Crippen LogP contribution in [0.2, 0.25) is 0 Å². The number of hydrogen-bond acceptors (Lipinski definition) is 3. The monoisotopic (exact) mass is 216 g/mol. The minimum atomic E-state index is 0.366. The first kappa shape index (κ1) is 10.5. The van der Waals surface area contributed by atoms with Gasteiger partial charge in [-0.3, -0.25) is 0 Å². The maximum absolute atomic E-state index is 8.49. The zero-order valence-corrected chi connectivity index (χ0v) is 8.67. The van der Waals surface area contributed by atoms with Crippen molar-refractivity contribution in [2.45, 2.75) is 6.61 Å². The van der Waals surface area contributed by atoms with Crippen molar-refractivity contribution >= 4 is 0 Å². The summed E-state index contributed by atoms with van der Waals surface area (Å²) < 4.78 is 5.54. The van der Waals surface area contributed by atoms with E-state index in [0.29, 0.717) is 18.1 Å². The van der Waals surface area contributed by atoms with E-state index in [0.717, 1.165) is 5.56 Å². The molecule has 0 aliphatic rings. The van der Waals surface area contributed by atoms with E-state index in [9.17, 15) is 0 Å². The van der Waals surface area contributed by atoms with Crippen molar-refractivity contribution in [1.82, 2.24) is 0 Å². The van der Waals surface area contributed by atoms with Gasteiger partial charge < -0.3 is 9.62 Å². The van der Waals surface area contributed by atoms with Gasteiger partial charge in [0.1, 0.15) is 12.4 Å². The molecule has 3 heteroatoms. The van der Waals surface area contributed by atoms with Crippen molar-refractivity contribution in [2.24, 2.45) is 0 Å². The normalized spacial score (nSPS) is 9.81. The van der Waals surface area contributed by atoms with Crippen LogP contribution in [0.3, 0.4) is 0 Å². The van der Waals surface area contributed by atoms with Crippen molar-refractivity contribution in [3.05, 3.63) is 60.2 Å². The molecule has 0 radical (unpaired) electrons. The van der Waals surface area contributed by atoms with Crippen LogP contribution in [0.25, 0.3) is 0 Å². The summed E-state index contributed by atoms with van der Waals surface area (Å²) in [6.07, 6.45) is 0. The molecule has 0 aromatic heterocycles. The fourth-order valence-electron chi connectivity index (χ4n) is 1.36. The van der Waals surface area contributed by atoms with Crippen LogP contribution in [-0.4, -0.2) is 5.26 Å². The van der Waals surface area contributed by atoms with E-state index in [1.807, 2.05) is 36.4 Å².